The zero-order valence-electron chi connectivity index (χ0n) is 18.1. The molecule has 2 amide bonds. The third kappa shape index (κ3) is 4.96. The van der Waals surface area contributed by atoms with Crippen molar-refractivity contribution >= 4 is 29.2 Å². The quantitative estimate of drug-likeness (QED) is 0.685. The minimum absolute atomic E-state index is 0.0531. The number of nitrogens with one attached hydrogen (secondary N) is 1. The summed E-state index contributed by atoms with van der Waals surface area (Å²) in [5, 5.41) is 2.64. The first-order chi connectivity index (χ1) is 14.8. The lowest BCUT2D eigenvalue weighted by atomic mass is 10.1. The molecular weight excluding hydrogens is 400 g/mol. The summed E-state index contributed by atoms with van der Waals surface area (Å²) in [6.45, 7) is 3.68. The molecule has 2 aromatic rings. The molecule has 31 heavy (non-hydrogen) atoms. The fourth-order valence-electron chi connectivity index (χ4n) is 3.48. The van der Waals surface area contributed by atoms with Crippen molar-refractivity contribution in [1.29, 1.82) is 0 Å². The molecule has 1 N–H and O–H groups in total. The lowest BCUT2D eigenvalue weighted by molar-refractivity contribution is -0.151. The molecule has 8 nitrogen and oxygen atoms in total. The lowest BCUT2D eigenvalue weighted by Crippen LogP contribution is -2.28. The summed E-state index contributed by atoms with van der Waals surface area (Å²) in [6, 6.07) is 10.7. The van der Waals surface area contributed by atoms with Gasteiger partial charge in [0.05, 0.1) is 25.8 Å². The number of methoxy groups -OCH3 is 2. The fourth-order valence-corrected chi connectivity index (χ4v) is 3.48. The van der Waals surface area contributed by atoms with Gasteiger partial charge in [-0.3, -0.25) is 14.4 Å². The highest BCUT2D eigenvalue weighted by atomic mass is 16.5. The predicted octanol–water partition coefficient (Wildman–Crippen LogP) is 2.86. The van der Waals surface area contributed by atoms with Crippen LogP contribution in [0.15, 0.2) is 36.4 Å². The Hall–Kier alpha value is -3.55. The Kier molecular flexibility index (Phi) is 6.79. The molecule has 0 bridgehead atoms. The van der Waals surface area contributed by atoms with Gasteiger partial charge in [0, 0.05) is 24.7 Å². The minimum atomic E-state index is -0.619. The number of benzene rings is 2. The molecular formula is C23H26N2O6. The Morgan fingerprint density at radius 3 is 2.61 bits per heavy atom. The molecule has 1 fully saturated rings. The smallest absolute Gasteiger partial charge is 0.311 e. The van der Waals surface area contributed by atoms with Crippen LogP contribution in [0.4, 0.5) is 11.4 Å². The van der Waals surface area contributed by atoms with Gasteiger partial charge in [-0.25, -0.2) is 0 Å². The molecule has 0 unspecified atom stereocenters. The van der Waals surface area contributed by atoms with Crippen LogP contribution in [0, 0.1) is 19.8 Å². The maximum absolute atomic E-state index is 12.5. The largest absolute Gasteiger partial charge is 0.497 e. The summed E-state index contributed by atoms with van der Waals surface area (Å²) < 4.78 is 15.5. The van der Waals surface area contributed by atoms with Crippen LogP contribution in [-0.2, 0) is 19.1 Å². The van der Waals surface area contributed by atoms with Crippen molar-refractivity contribution in [3.8, 4) is 11.5 Å². The minimum Gasteiger partial charge on any atom is -0.497 e. The van der Waals surface area contributed by atoms with E-state index in [1.165, 1.54) is 14.2 Å². The molecule has 1 aliphatic rings. The third-order valence-corrected chi connectivity index (χ3v) is 5.35. The van der Waals surface area contributed by atoms with Gasteiger partial charge in [0.15, 0.2) is 6.61 Å². The number of hydrogen-bond acceptors (Lipinski definition) is 6. The van der Waals surface area contributed by atoms with E-state index in [-0.39, 0.29) is 18.9 Å². The molecule has 2 aromatic carbocycles. The number of carbonyl (C=O) groups is 3. The molecule has 0 aliphatic carbocycles. The summed E-state index contributed by atoms with van der Waals surface area (Å²) in [4.78, 5) is 38.8. The third-order valence-electron chi connectivity index (χ3n) is 5.35. The zero-order valence-corrected chi connectivity index (χ0v) is 18.1. The van der Waals surface area contributed by atoms with Gasteiger partial charge in [-0.1, -0.05) is 12.1 Å². The highest BCUT2D eigenvalue weighted by Crippen LogP contribution is 2.30. The lowest BCUT2D eigenvalue weighted by Gasteiger charge is -2.20. The average molecular weight is 426 g/mol. The Balaban J connectivity index is 1.58. The molecule has 3 rings (SSSR count). The molecule has 0 spiro atoms. The van der Waals surface area contributed by atoms with E-state index in [0.29, 0.717) is 17.2 Å². The van der Waals surface area contributed by atoms with Gasteiger partial charge in [-0.2, -0.15) is 0 Å². The number of anilines is 2. The highest BCUT2D eigenvalue weighted by Gasteiger charge is 2.37. The second-order valence-corrected chi connectivity index (χ2v) is 7.35. The number of rotatable bonds is 7. The zero-order chi connectivity index (χ0) is 22.5. The van der Waals surface area contributed by atoms with Gasteiger partial charge in [-0.15, -0.1) is 0 Å². The van der Waals surface area contributed by atoms with Crippen molar-refractivity contribution in [2.24, 2.45) is 5.92 Å². The molecule has 1 heterocycles. The van der Waals surface area contributed by atoms with Crippen molar-refractivity contribution in [2.75, 3.05) is 37.6 Å². The Labute approximate surface area is 181 Å². The number of nitrogens with zero attached hydrogens (tertiary/aromatic N) is 1. The maximum atomic E-state index is 12.5. The van der Waals surface area contributed by atoms with Crippen LogP contribution in [0.1, 0.15) is 17.5 Å². The Morgan fingerprint density at radius 2 is 1.90 bits per heavy atom. The van der Waals surface area contributed by atoms with Gasteiger partial charge in [0.1, 0.15) is 11.5 Å². The van der Waals surface area contributed by atoms with E-state index < -0.39 is 24.4 Å². The molecule has 164 valence electrons. The molecule has 8 heteroatoms. The SMILES string of the molecule is COc1ccc(OC)c(NC(=O)COC(=O)[C@@H]2CC(=O)N(c3cccc(C)c3C)C2)c1. The topological polar surface area (TPSA) is 94.2 Å². The van der Waals surface area contributed by atoms with Crippen molar-refractivity contribution in [3.63, 3.8) is 0 Å². The number of amides is 2. The number of carbonyl (C=O) groups excluding carboxylic acids is 3. The first-order valence-corrected chi connectivity index (χ1v) is 9.89. The summed E-state index contributed by atoms with van der Waals surface area (Å²) in [7, 11) is 3.00. The van der Waals surface area contributed by atoms with Crippen LogP contribution in [0.5, 0.6) is 11.5 Å². The first-order valence-electron chi connectivity index (χ1n) is 9.89. The van der Waals surface area contributed by atoms with Crippen LogP contribution in [-0.4, -0.2) is 45.2 Å². The standard InChI is InChI=1S/C23H26N2O6/c1-14-6-5-7-19(15(14)2)25-12-16(10-22(25)27)23(28)31-13-21(26)24-18-11-17(29-3)8-9-20(18)30-4/h5-9,11,16H,10,12-13H2,1-4H3,(H,24,26)/t16-/m1/s1. The molecule has 0 radical (unpaired) electrons. The van der Waals surface area contributed by atoms with E-state index in [9.17, 15) is 14.4 Å². The van der Waals surface area contributed by atoms with E-state index >= 15 is 0 Å². The second-order valence-electron chi connectivity index (χ2n) is 7.35. The summed E-state index contributed by atoms with van der Waals surface area (Å²) in [5.74, 6) is -0.854. The highest BCUT2D eigenvalue weighted by molar-refractivity contribution is 6.00. The summed E-state index contributed by atoms with van der Waals surface area (Å²) in [6.07, 6.45) is 0.0531. The van der Waals surface area contributed by atoms with E-state index in [2.05, 4.69) is 5.32 Å². The number of esters is 1. The van der Waals surface area contributed by atoms with E-state index in [0.717, 1.165) is 16.8 Å². The number of ether oxygens (including phenoxy) is 3. The van der Waals surface area contributed by atoms with Crippen molar-refractivity contribution in [2.45, 2.75) is 20.3 Å². The Morgan fingerprint density at radius 1 is 1.13 bits per heavy atom. The van der Waals surface area contributed by atoms with Crippen molar-refractivity contribution < 1.29 is 28.6 Å². The van der Waals surface area contributed by atoms with Gasteiger partial charge in [-0.05, 0) is 43.2 Å². The fraction of sp³-hybridized carbons (Fsp3) is 0.348. The normalized spacial score (nSPS) is 15.5. The van der Waals surface area contributed by atoms with E-state index in [1.54, 1.807) is 23.1 Å². The van der Waals surface area contributed by atoms with Crippen LogP contribution in [0.3, 0.4) is 0 Å². The molecule has 1 aliphatic heterocycles. The first kappa shape index (κ1) is 22.1. The monoisotopic (exact) mass is 426 g/mol. The molecule has 0 saturated carbocycles. The molecule has 0 aromatic heterocycles. The van der Waals surface area contributed by atoms with Gasteiger partial charge in [0.25, 0.3) is 5.91 Å². The molecule has 1 saturated heterocycles. The van der Waals surface area contributed by atoms with E-state index in [4.69, 9.17) is 14.2 Å². The molecule has 1 atom stereocenters. The van der Waals surface area contributed by atoms with Crippen molar-refractivity contribution in [1.82, 2.24) is 0 Å². The average Bonchev–Trinajstić information content (AvgIpc) is 3.15. The van der Waals surface area contributed by atoms with Crippen LogP contribution < -0.4 is 19.7 Å². The maximum Gasteiger partial charge on any atom is 0.311 e. The summed E-state index contributed by atoms with van der Waals surface area (Å²) in [5.41, 5.74) is 3.26. The van der Waals surface area contributed by atoms with Crippen LogP contribution in [0.25, 0.3) is 0 Å². The van der Waals surface area contributed by atoms with Gasteiger partial charge in [0.2, 0.25) is 5.91 Å². The second kappa shape index (κ2) is 9.51. The van der Waals surface area contributed by atoms with Crippen molar-refractivity contribution in [3.05, 3.63) is 47.5 Å². The number of aryl methyl sites for hydroxylation is 1. The van der Waals surface area contributed by atoms with Gasteiger partial charge < -0.3 is 24.4 Å². The van der Waals surface area contributed by atoms with Crippen LogP contribution in [0.2, 0.25) is 0 Å². The summed E-state index contributed by atoms with van der Waals surface area (Å²) >= 11 is 0. The Bertz CT molecular complexity index is 1000. The number of hydrogen-bond donors (Lipinski definition) is 1. The predicted molar refractivity (Wildman–Crippen MR) is 116 cm³/mol. The van der Waals surface area contributed by atoms with Gasteiger partial charge >= 0.3 is 5.97 Å². The van der Waals surface area contributed by atoms with E-state index in [1.807, 2.05) is 32.0 Å². The van der Waals surface area contributed by atoms with Crippen LogP contribution >= 0.6 is 0 Å².